The number of nitrogens with zero attached hydrogens (tertiary/aromatic N) is 6. The number of anilines is 1. The van der Waals surface area contributed by atoms with Gasteiger partial charge in [-0.25, -0.2) is 18.9 Å². The zero-order valence-corrected chi connectivity index (χ0v) is 22.1. The van der Waals surface area contributed by atoms with E-state index in [2.05, 4.69) is 15.3 Å². The molecule has 0 unspecified atom stereocenters. The SMILES string of the molecule is CC.COc1cccc(-c2cn3nc(-c4nccn4C)nc(NC4CCCC4)c3c2-c2ccccn2)c1F. The van der Waals surface area contributed by atoms with Gasteiger partial charge in [0.25, 0.3) is 0 Å². The number of fused-ring (bicyclic) bond motifs is 1. The maximum atomic E-state index is 15.5. The largest absolute Gasteiger partial charge is 0.494 e. The number of aromatic nitrogens is 6. The van der Waals surface area contributed by atoms with Crippen LogP contribution in [0.4, 0.5) is 10.2 Å². The molecule has 1 N–H and O–H groups in total. The van der Waals surface area contributed by atoms with Gasteiger partial charge in [0.05, 0.1) is 12.8 Å². The van der Waals surface area contributed by atoms with Crippen molar-refractivity contribution >= 4 is 11.3 Å². The van der Waals surface area contributed by atoms with Gasteiger partial charge in [0.15, 0.2) is 23.2 Å². The van der Waals surface area contributed by atoms with Crippen LogP contribution in [-0.2, 0) is 7.05 Å². The molecule has 0 bridgehead atoms. The van der Waals surface area contributed by atoms with Crippen molar-refractivity contribution in [2.75, 3.05) is 12.4 Å². The molecular formula is C29H32FN7O. The van der Waals surface area contributed by atoms with Crippen LogP contribution < -0.4 is 10.1 Å². The van der Waals surface area contributed by atoms with Crippen LogP contribution in [0.3, 0.4) is 0 Å². The van der Waals surface area contributed by atoms with Crippen molar-refractivity contribution in [3.8, 4) is 39.8 Å². The smallest absolute Gasteiger partial charge is 0.218 e. The Labute approximate surface area is 221 Å². The lowest BCUT2D eigenvalue weighted by atomic mass is 10.00. The van der Waals surface area contributed by atoms with Crippen LogP contribution in [0.15, 0.2) is 61.2 Å². The van der Waals surface area contributed by atoms with Crippen LogP contribution in [0.5, 0.6) is 5.75 Å². The van der Waals surface area contributed by atoms with Crippen LogP contribution in [0.25, 0.3) is 39.5 Å². The maximum absolute atomic E-state index is 15.5. The fourth-order valence-electron chi connectivity index (χ4n) is 4.97. The molecule has 1 saturated carbocycles. The minimum absolute atomic E-state index is 0.179. The highest BCUT2D eigenvalue weighted by Gasteiger charge is 2.26. The molecule has 1 aliphatic carbocycles. The standard InChI is InChI=1S/C27H26FN7O.C2H6/c1-34-15-14-30-27(34)26-32-25(31-17-8-3-4-9-17)24-22(20-11-5-6-13-29-20)19(16-35(24)33-26)18-10-7-12-21(36-2)23(18)28;1-2/h5-7,10-17H,3-4,8-9H2,1-2H3,(H,31,32,33);1-2H3. The number of halogens is 1. The number of methoxy groups -OCH3 is 1. The van der Waals surface area contributed by atoms with Gasteiger partial charge in [0.2, 0.25) is 5.82 Å². The quantitative estimate of drug-likeness (QED) is 0.283. The topological polar surface area (TPSA) is 82.2 Å². The second kappa shape index (κ2) is 11.0. The van der Waals surface area contributed by atoms with Crippen molar-refractivity contribution < 1.29 is 9.13 Å². The van der Waals surface area contributed by atoms with Crippen LogP contribution in [0.2, 0.25) is 0 Å². The second-order valence-corrected chi connectivity index (χ2v) is 9.02. The van der Waals surface area contributed by atoms with E-state index >= 15 is 4.39 Å². The van der Waals surface area contributed by atoms with Crippen LogP contribution >= 0.6 is 0 Å². The Bertz CT molecular complexity index is 1540. The highest BCUT2D eigenvalue weighted by atomic mass is 19.1. The van der Waals surface area contributed by atoms with E-state index in [1.54, 1.807) is 35.1 Å². The highest BCUT2D eigenvalue weighted by Crippen LogP contribution is 2.41. The van der Waals surface area contributed by atoms with E-state index in [4.69, 9.17) is 14.8 Å². The molecule has 1 fully saturated rings. The molecule has 196 valence electrons. The zero-order chi connectivity index (χ0) is 26.6. The Hall–Kier alpha value is -4.27. The summed E-state index contributed by atoms with van der Waals surface area (Å²) in [5, 5.41) is 8.48. The third kappa shape index (κ3) is 4.60. The molecule has 0 spiro atoms. The number of nitrogens with one attached hydrogen (secondary N) is 1. The van der Waals surface area contributed by atoms with E-state index < -0.39 is 5.82 Å². The monoisotopic (exact) mass is 513 g/mol. The molecule has 38 heavy (non-hydrogen) atoms. The third-order valence-electron chi connectivity index (χ3n) is 6.74. The Balaban J connectivity index is 0.00000144. The van der Waals surface area contributed by atoms with E-state index in [-0.39, 0.29) is 5.75 Å². The summed E-state index contributed by atoms with van der Waals surface area (Å²) in [7, 11) is 3.37. The van der Waals surface area contributed by atoms with E-state index in [1.807, 2.05) is 56.1 Å². The molecule has 4 heterocycles. The molecule has 0 atom stereocenters. The summed E-state index contributed by atoms with van der Waals surface area (Å²) in [6, 6.07) is 11.2. The third-order valence-corrected chi connectivity index (χ3v) is 6.74. The summed E-state index contributed by atoms with van der Waals surface area (Å²) in [5.74, 6) is 1.56. The summed E-state index contributed by atoms with van der Waals surface area (Å²) in [6.07, 6.45) is 11.7. The molecule has 0 amide bonds. The zero-order valence-electron chi connectivity index (χ0n) is 22.1. The normalized spacial score (nSPS) is 13.4. The first kappa shape index (κ1) is 25.4. The molecule has 4 aromatic heterocycles. The molecule has 1 aliphatic rings. The number of rotatable bonds is 6. The van der Waals surface area contributed by atoms with Gasteiger partial charge in [-0.2, -0.15) is 0 Å². The summed E-state index contributed by atoms with van der Waals surface area (Å²) < 4.78 is 24.5. The Morgan fingerprint density at radius 1 is 1.00 bits per heavy atom. The first-order valence-corrected chi connectivity index (χ1v) is 13.1. The van der Waals surface area contributed by atoms with Gasteiger partial charge in [-0.05, 0) is 31.0 Å². The van der Waals surface area contributed by atoms with Gasteiger partial charge in [0.1, 0.15) is 5.52 Å². The first-order valence-electron chi connectivity index (χ1n) is 13.1. The average Bonchev–Trinajstić information content (AvgIpc) is 3.70. The molecule has 5 aromatic rings. The first-order chi connectivity index (χ1) is 18.6. The van der Waals surface area contributed by atoms with Crippen molar-refractivity contribution in [3.05, 3.63) is 67.0 Å². The van der Waals surface area contributed by atoms with Crippen molar-refractivity contribution in [3.63, 3.8) is 0 Å². The van der Waals surface area contributed by atoms with Gasteiger partial charge >= 0.3 is 0 Å². The fourth-order valence-corrected chi connectivity index (χ4v) is 4.97. The second-order valence-electron chi connectivity index (χ2n) is 9.02. The number of ether oxygens (including phenoxy) is 1. The average molecular weight is 514 g/mol. The molecule has 0 radical (unpaired) electrons. The van der Waals surface area contributed by atoms with Crippen molar-refractivity contribution in [1.29, 1.82) is 0 Å². The fraction of sp³-hybridized carbons (Fsp3) is 0.310. The molecular weight excluding hydrogens is 481 g/mol. The lowest BCUT2D eigenvalue weighted by molar-refractivity contribution is 0.387. The van der Waals surface area contributed by atoms with Crippen molar-refractivity contribution in [2.45, 2.75) is 45.6 Å². The summed E-state index contributed by atoms with van der Waals surface area (Å²) >= 11 is 0. The van der Waals surface area contributed by atoms with Crippen LogP contribution in [0.1, 0.15) is 39.5 Å². The number of hydrogen-bond donors (Lipinski definition) is 1. The predicted octanol–water partition coefficient (Wildman–Crippen LogP) is 6.39. The summed E-state index contributed by atoms with van der Waals surface area (Å²) in [4.78, 5) is 14.0. The van der Waals surface area contributed by atoms with Crippen LogP contribution in [-0.4, -0.2) is 42.3 Å². The minimum Gasteiger partial charge on any atom is -0.494 e. The van der Waals surface area contributed by atoms with Crippen molar-refractivity contribution in [2.24, 2.45) is 7.05 Å². The summed E-state index contributed by atoms with van der Waals surface area (Å²) in [6.45, 7) is 4.00. The van der Waals surface area contributed by atoms with E-state index in [0.717, 1.165) is 23.9 Å². The van der Waals surface area contributed by atoms with E-state index in [0.29, 0.717) is 40.3 Å². The lowest BCUT2D eigenvalue weighted by Crippen LogP contribution is -2.17. The lowest BCUT2D eigenvalue weighted by Gasteiger charge is -2.16. The van der Waals surface area contributed by atoms with Gasteiger partial charge in [-0.3, -0.25) is 4.98 Å². The molecule has 0 saturated heterocycles. The molecule has 0 aliphatic heterocycles. The Morgan fingerprint density at radius 2 is 1.82 bits per heavy atom. The van der Waals surface area contributed by atoms with Gasteiger partial charge in [0, 0.05) is 54.6 Å². The highest BCUT2D eigenvalue weighted by molar-refractivity contribution is 5.98. The number of imidazole rings is 1. The van der Waals surface area contributed by atoms with Crippen molar-refractivity contribution in [1.82, 2.24) is 29.1 Å². The van der Waals surface area contributed by atoms with Gasteiger partial charge in [-0.1, -0.05) is 44.9 Å². The maximum Gasteiger partial charge on any atom is 0.218 e. The molecule has 9 heteroatoms. The van der Waals surface area contributed by atoms with E-state index in [1.165, 1.54) is 20.0 Å². The van der Waals surface area contributed by atoms with Gasteiger partial charge in [-0.15, -0.1) is 5.10 Å². The number of aryl methyl sites for hydroxylation is 1. The number of pyridine rings is 1. The van der Waals surface area contributed by atoms with Gasteiger partial charge < -0.3 is 14.6 Å². The number of benzene rings is 1. The van der Waals surface area contributed by atoms with Crippen LogP contribution in [0, 0.1) is 5.82 Å². The minimum atomic E-state index is -0.435. The molecule has 8 nitrogen and oxygen atoms in total. The predicted molar refractivity (Wildman–Crippen MR) is 148 cm³/mol. The Morgan fingerprint density at radius 3 is 2.50 bits per heavy atom. The molecule has 6 rings (SSSR count). The number of hydrogen-bond acceptors (Lipinski definition) is 6. The summed E-state index contributed by atoms with van der Waals surface area (Å²) in [5.41, 5.74) is 3.28. The van der Waals surface area contributed by atoms with E-state index in [9.17, 15) is 0 Å². The molecule has 1 aromatic carbocycles. The Kier molecular flexibility index (Phi) is 7.35.